The Bertz CT molecular complexity index is 2620. The molecule has 0 aliphatic heterocycles. The monoisotopic (exact) mass is 724 g/mol. The van der Waals surface area contributed by atoms with E-state index in [2.05, 4.69) is 90.1 Å². The summed E-state index contributed by atoms with van der Waals surface area (Å²) < 4.78 is 2.36. The minimum atomic E-state index is -1.20. The summed E-state index contributed by atoms with van der Waals surface area (Å²) in [6.07, 6.45) is 3.67. The number of carbonyl (C=O) groups is 2. The van der Waals surface area contributed by atoms with Crippen molar-refractivity contribution < 1.29 is 30.0 Å². The number of carboxylic acids is 2. The predicted octanol–water partition coefficient (Wildman–Crippen LogP) is 8.55. The molecule has 8 heteroatoms. The second-order valence-electron chi connectivity index (χ2n) is 18.1. The number of nitrogens with zero attached hydrogens (tertiary/aromatic N) is 1. The van der Waals surface area contributed by atoms with Gasteiger partial charge in [0.2, 0.25) is 0 Å². The molecule has 0 saturated heterocycles. The van der Waals surface area contributed by atoms with Crippen LogP contribution >= 0.6 is 0 Å². The molecule has 2 fully saturated rings. The topological polar surface area (TPSA) is 136 Å². The molecule has 4 aliphatic carbocycles. The smallest absolute Gasteiger partial charge is 0.312 e. The van der Waals surface area contributed by atoms with E-state index in [4.69, 9.17) is 0 Å². The van der Waals surface area contributed by atoms with Gasteiger partial charge in [0, 0.05) is 38.3 Å². The van der Waals surface area contributed by atoms with Crippen LogP contribution < -0.4 is 0 Å². The third kappa shape index (κ3) is 4.11. The average Bonchev–Trinajstić information content (AvgIpc) is 3.67. The van der Waals surface area contributed by atoms with Crippen LogP contribution in [0.5, 0.6) is 0 Å². The number of aromatic nitrogens is 2. The Morgan fingerprint density at radius 1 is 0.630 bits per heavy atom. The zero-order valence-corrected chi connectivity index (χ0v) is 31.4. The van der Waals surface area contributed by atoms with E-state index in [9.17, 15) is 30.0 Å². The lowest BCUT2D eigenvalue weighted by Gasteiger charge is -2.55. The first-order valence-electron chi connectivity index (χ1n) is 19.7. The molecule has 4 aromatic carbocycles. The lowest BCUT2D eigenvalue weighted by Crippen LogP contribution is -2.58. The number of aryl methyl sites for hydroxylation is 2. The van der Waals surface area contributed by atoms with E-state index in [1.807, 2.05) is 0 Å². The molecule has 2 saturated carbocycles. The standard InChI is InChI=1S/C46H48N2O6/c1-43-17-15-39(49)45(3,41(51)52)37(43)13-9-24-19-34-29(22-31(24)43)28-21-26(11-12-33(28)47-34)48-35-8-6-5-7-27(35)30-23-32-25(20-36(30)48)10-14-38-44(32,2)18-16-40(50)46(38,4)42(53)54/h5-8,11-12,19-23,37-40,47,49-50H,9-10,13-18H2,1-4H3,(H,51,52)(H,53,54). The van der Waals surface area contributed by atoms with Crippen LogP contribution in [0.15, 0.2) is 66.7 Å². The largest absolute Gasteiger partial charge is 0.481 e. The first-order valence-corrected chi connectivity index (χ1v) is 19.7. The second-order valence-corrected chi connectivity index (χ2v) is 18.1. The summed E-state index contributed by atoms with van der Waals surface area (Å²) in [6.45, 7) is 7.93. The minimum Gasteiger partial charge on any atom is -0.481 e. The summed E-state index contributed by atoms with van der Waals surface area (Å²) in [4.78, 5) is 29.1. The van der Waals surface area contributed by atoms with Gasteiger partial charge in [0.25, 0.3) is 0 Å². The van der Waals surface area contributed by atoms with Crippen LogP contribution in [-0.4, -0.2) is 54.1 Å². The van der Waals surface area contributed by atoms with Crippen LogP contribution in [0.2, 0.25) is 0 Å². The summed E-state index contributed by atoms with van der Waals surface area (Å²) in [5, 5.41) is 47.4. The van der Waals surface area contributed by atoms with Crippen LogP contribution in [0.4, 0.5) is 0 Å². The van der Waals surface area contributed by atoms with Crippen LogP contribution in [-0.2, 0) is 33.3 Å². The van der Waals surface area contributed by atoms with Gasteiger partial charge in [-0.25, -0.2) is 0 Å². The van der Waals surface area contributed by atoms with E-state index in [0.29, 0.717) is 19.3 Å². The molecule has 0 radical (unpaired) electrons. The fourth-order valence-electron chi connectivity index (χ4n) is 12.6. The van der Waals surface area contributed by atoms with Gasteiger partial charge in [0.15, 0.2) is 0 Å². The summed E-state index contributed by atoms with van der Waals surface area (Å²) in [5.74, 6) is -2.17. The predicted molar refractivity (Wildman–Crippen MR) is 210 cm³/mol. The van der Waals surface area contributed by atoms with Crippen molar-refractivity contribution >= 4 is 55.6 Å². The molecule has 0 bridgehead atoms. The summed E-state index contributed by atoms with van der Waals surface area (Å²) >= 11 is 0. The quantitative estimate of drug-likeness (QED) is 0.124. The third-order valence-corrected chi connectivity index (χ3v) is 15.8. The average molecular weight is 725 g/mol. The Morgan fingerprint density at radius 2 is 1.19 bits per heavy atom. The first-order chi connectivity index (χ1) is 25.7. The number of aromatic amines is 1. The number of nitrogens with one attached hydrogen (secondary N) is 1. The number of carboxylic acid groups (broad SMARTS) is 2. The molecular weight excluding hydrogens is 677 g/mol. The van der Waals surface area contributed by atoms with Crippen molar-refractivity contribution in [2.75, 3.05) is 0 Å². The molecule has 8 unspecified atom stereocenters. The Morgan fingerprint density at radius 3 is 1.80 bits per heavy atom. The number of hydrogen-bond acceptors (Lipinski definition) is 4. The van der Waals surface area contributed by atoms with Crippen LogP contribution in [0.25, 0.3) is 49.3 Å². The normalized spacial score (nSPS) is 33.4. The van der Waals surface area contributed by atoms with Gasteiger partial charge in [-0.2, -0.15) is 0 Å². The SMILES string of the molecule is CC12CCC(O)C(C)(C(=O)O)C1CCc1cc3[nH]c4ccc(-n5c6ccccc6c6cc7c(cc65)CCC5C7(C)CCC(O)C5(C)C(=O)O)cc4c3cc12. The molecule has 4 aliphatic rings. The van der Waals surface area contributed by atoms with Gasteiger partial charge in [-0.3, -0.25) is 9.59 Å². The van der Waals surface area contributed by atoms with Gasteiger partial charge in [-0.05, 0) is 159 Å². The molecule has 2 heterocycles. The molecule has 5 N–H and O–H groups in total. The van der Waals surface area contributed by atoms with Crippen molar-refractivity contribution in [1.82, 2.24) is 9.55 Å². The maximum atomic E-state index is 12.7. The van der Waals surface area contributed by atoms with Gasteiger partial charge in [0.1, 0.15) is 0 Å². The van der Waals surface area contributed by atoms with Crippen LogP contribution in [0.1, 0.15) is 88.5 Å². The number of para-hydroxylation sites is 1. The summed E-state index contributed by atoms with van der Waals surface area (Å²) in [6, 6.07) is 24.4. The number of H-pyrrole nitrogens is 1. The molecule has 54 heavy (non-hydrogen) atoms. The molecule has 6 aromatic rings. The zero-order valence-electron chi connectivity index (χ0n) is 31.4. The van der Waals surface area contributed by atoms with E-state index in [0.717, 1.165) is 81.4 Å². The number of aliphatic hydroxyl groups is 2. The minimum absolute atomic E-state index is 0.172. The molecule has 8 atom stereocenters. The van der Waals surface area contributed by atoms with E-state index < -0.39 is 35.0 Å². The van der Waals surface area contributed by atoms with Gasteiger partial charge < -0.3 is 30.0 Å². The van der Waals surface area contributed by atoms with Gasteiger partial charge in [-0.1, -0.05) is 32.0 Å². The van der Waals surface area contributed by atoms with E-state index >= 15 is 0 Å². The van der Waals surface area contributed by atoms with Crippen molar-refractivity contribution in [3.05, 3.63) is 89.0 Å². The highest BCUT2D eigenvalue weighted by atomic mass is 16.4. The number of fused-ring (bicyclic) bond motifs is 12. The Labute approximate surface area is 313 Å². The van der Waals surface area contributed by atoms with Crippen molar-refractivity contribution in [3.8, 4) is 5.69 Å². The van der Waals surface area contributed by atoms with E-state index in [1.54, 1.807) is 13.8 Å². The number of aliphatic carboxylic acids is 2. The number of benzene rings is 4. The maximum Gasteiger partial charge on any atom is 0.312 e. The Kier molecular flexibility index (Phi) is 6.89. The lowest BCUT2D eigenvalue weighted by molar-refractivity contribution is -0.172. The maximum absolute atomic E-state index is 12.7. The fraction of sp³-hybridized carbons (Fsp3) is 0.435. The highest BCUT2D eigenvalue weighted by Gasteiger charge is 2.60. The second kappa shape index (κ2) is 11.0. The number of hydrogen-bond donors (Lipinski definition) is 5. The van der Waals surface area contributed by atoms with Gasteiger partial charge in [0.05, 0.1) is 34.1 Å². The van der Waals surface area contributed by atoms with Crippen molar-refractivity contribution in [2.24, 2.45) is 22.7 Å². The fourth-order valence-corrected chi connectivity index (χ4v) is 12.6. The Hall–Kier alpha value is -4.66. The highest BCUT2D eigenvalue weighted by molar-refractivity contribution is 6.12. The van der Waals surface area contributed by atoms with Crippen LogP contribution in [0.3, 0.4) is 0 Å². The van der Waals surface area contributed by atoms with Crippen LogP contribution in [0, 0.1) is 22.7 Å². The summed E-state index contributed by atoms with van der Waals surface area (Å²) in [7, 11) is 0. The number of aliphatic hydroxyl groups excluding tert-OH is 2. The van der Waals surface area contributed by atoms with Gasteiger partial charge >= 0.3 is 11.9 Å². The molecule has 10 rings (SSSR count). The number of rotatable bonds is 3. The lowest BCUT2D eigenvalue weighted by atomic mass is 9.49. The molecule has 0 amide bonds. The Balaban J connectivity index is 1.14. The molecule has 278 valence electrons. The zero-order chi connectivity index (χ0) is 37.7. The van der Waals surface area contributed by atoms with E-state index in [1.165, 1.54) is 22.3 Å². The first kappa shape index (κ1) is 33.9. The van der Waals surface area contributed by atoms with Crippen molar-refractivity contribution in [3.63, 3.8) is 0 Å². The summed E-state index contributed by atoms with van der Waals surface area (Å²) in [5.41, 5.74) is 7.20. The third-order valence-electron chi connectivity index (χ3n) is 15.8. The van der Waals surface area contributed by atoms with Crippen molar-refractivity contribution in [1.29, 1.82) is 0 Å². The highest BCUT2D eigenvalue weighted by Crippen LogP contribution is 2.59. The molecule has 8 nitrogen and oxygen atoms in total. The molecular formula is C46H48N2O6. The van der Waals surface area contributed by atoms with Gasteiger partial charge in [-0.15, -0.1) is 0 Å². The molecule has 0 spiro atoms. The van der Waals surface area contributed by atoms with Crippen molar-refractivity contribution in [2.45, 2.75) is 102 Å². The molecule has 2 aromatic heterocycles. The van der Waals surface area contributed by atoms with E-state index in [-0.39, 0.29) is 22.7 Å².